The lowest BCUT2D eigenvalue weighted by Crippen LogP contribution is -2.24. The van der Waals surface area contributed by atoms with E-state index in [-0.39, 0.29) is 5.69 Å². The van der Waals surface area contributed by atoms with E-state index < -0.39 is 11.6 Å². The smallest absolute Gasteiger partial charge is 0.361 e. The molecule has 0 unspecified atom stereocenters. The Morgan fingerprint density at radius 3 is 2.77 bits per heavy atom. The third kappa shape index (κ3) is 3.65. The minimum atomic E-state index is -0.590. The molecule has 0 atom stereocenters. The summed E-state index contributed by atoms with van der Waals surface area (Å²) in [6.07, 6.45) is 7.98. The van der Waals surface area contributed by atoms with Crippen LogP contribution in [0.1, 0.15) is 61.3 Å². The van der Waals surface area contributed by atoms with E-state index in [0.717, 1.165) is 16.9 Å². The van der Waals surface area contributed by atoms with Crippen molar-refractivity contribution in [3.8, 4) is 11.4 Å². The van der Waals surface area contributed by atoms with Gasteiger partial charge in [-0.25, -0.2) is 14.5 Å². The topological polar surface area (TPSA) is 129 Å². The maximum absolute atomic E-state index is 12.2. The molecule has 1 aliphatic rings. The number of tetrazole rings is 1. The van der Waals surface area contributed by atoms with E-state index in [1.807, 2.05) is 31.4 Å². The molecule has 154 valence electrons. The number of nitrogens with zero attached hydrogens (tertiary/aromatic N) is 8. The summed E-state index contributed by atoms with van der Waals surface area (Å²) in [6.45, 7) is 5.79. The molecule has 0 radical (unpaired) electrons. The van der Waals surface area contributed by atoms with Crippen LogP contribution in [0.2, 0.25) is 0 Å². The number of imidazole rings is 1. The molecule has 1 aliphatic carbocycles. The number of aromatic nitrogens is 9. The number of hydrogen-bond acceptors (Lipinski definition) is 8. The standard InChI is InChI=1S/C19H21N9O2/c1-19(2,3)30-18(29)15-10-28(26-21-15)9-13-8-27-7-12(11-4-5-11)6-14(17(27)20-13)16-22-24-25-23-16/h6-8,10-11H,4-5,9H2,1-3H3,(H,22,23,24,25). The molecule has 5 rings (SSSR count). The van der Waals surface area contributed by atoms with E-state index in [2.05, 4.69) is 43.2 Å². The van der Waals surface area contributed by atoms with Crippen LogP contribution in [0, 0.1) is 0 Å². The number of esters is 1. The van der Waals surface area contributed by atoms with Gasteiger partial charge in [-0.1, -0.05) is 5.21 Å². The molecule has 0 bridgehead atoms. The molecule has 11 heteroatoms. The first-order chi connectivity index (χ1) is 14.4. The number of hydrogen-bond donors (Lipinski definition) is 1. The second-order valence-corrected chi connectivity index (χ2v) is 8.46. The quantitative estimate of drug-likeness (QED) is 0.497. The summed E-state index contributed by atoms with van der Waals surface area (Å²) in [5, 5.41) is 22.4. The Morgan fingerprint density at radius 1 is 1.23 bits per heavy atom. The summed E-state index contributed by atoms with van der Waals surface area (Å²) in [5.41, 5.74) is 3.15. The Kier molecular flexibility index (Phi) is 4.12. The summed E-state index contributed by atoms with van der Waals surface area (Å²) in [5.74, 6) is 0.572. The minimum absolute atomic E-state index is 0.164. The molecule has 0 aromatic carbocycles. The number of carbonyl (C=O) groups is 1. The maximum Gasteiger partial charge on any atom is 0.361 e. The first kappa shape index (κ1) is 18.4. The van der Waals surface area contributed by atoms with E-state index in [0.29, 0.717) is 18.3 Å². The van der Waals surface area contributed by atoms with Crippen molar-refractivity contribution < 1.29 is 9.53 Å². The molecule has 0 spiro atoms. The van der Waals surface area contributed by atoms with Crippen LogP contribution in [0.3, 0.4) is 0 Å². The van der Waals surface area contributed by atoms with Crippen molar-refractivity contribution in [3.05, 3.63) is 41.6 Å². The van der Waals surface area contributed by atoms with Crippen LogP contribution in [-0.2, 0) is 11.3 Å². The summed E-state index contributed by atoms with van der Waals surface area (Å²) >= 11 is 0. The lowest BCUT2D eigenvalue weighted by atomic mass is 10.1. The zero-order chi connectivity index (χ0) is 20.9. The van der Waals surface area contributed by atoms with Gasteiger partial charge in [0.25, 0.3) is 0 Å². The monoisotopic (exact) mass is 407 g/mol. The third-order valence-corrected chi connectivity index (χ3v) is 4.73. The first-order valence-corrected chi connectivity index (χ1v) is 9.74. The van der Waals surface area contributed by atoms with Gasteiger partial charge >= 0.3 is 5.97 Å². The van der Waals surface area contributed by atoms with Crippen molar-refractivity contribution in [2.24, 2.45) is 0 Å². The van der Waals surface area contributed by atoms with Gasteiger partial charge in [-0.2, -0.15) is 5.21 Å². The lowest BCUT2D eigenvalue weighted by Gasteiger charge is -2.18. The summed E-state index contributed by atoms with van der Waals surface area (Å²) < 4.78 is 8.89. The third-order valence-electron chi connectivity index (χ3n) is 4.73. The highest BCUT2D eigenvalue weighted by Crippen LogP contribution is 2.41. The van der Waals surface area contributed by atoms with Crippen molar-refractivity contribution in [2.45, 2.75) is 51.7 Å². The van der Waals surface area contributed by atoms with Gasteiger partial charge in [0.05, 0.1) is 24.0 Å². The van der Waals surface area contributed by atoms with Gasteiger partial charge in [0, 0.05) is 12.4 Å². The second-order valence-electron chi connectivity index (χ2n) is 8.46. The molecule has 1 fully saturated rings. The lowest BCUT2D eigenvalue weighted by molar-refractivity contribution is 0.00627. The Labute approximate surface area is 171 Å². The Balaban J connectivity index is 1.45. The van der Waals surface area contributed by atoms with Crippen LogP contribution >= 0.6 is 0 Å². The molecular formula is C19H21N9O2. The Hall–Kier alpha value is -3.63. The van der Waals surface area contributed by atoms with Crippen LogP contribution in [0.25, 0.3) is 17.0 Å². The molecule has 4 aromatic heterocycles. The number of rotatable bonds is 5. The Bertz CT molecular complexity index is 1210. The number of H-pyrrole nitrogens is 1. The highest BCUT2D eigenvalue weighted by atomic mass is 16.6. The molecule has 4 heterocycles. The fourth-order valence-electron chi connectivity index (χ4n) is 3.29. The number of pyridine rings is 1. The molecule has 0 aliphatic heterocycles. The van der Waals surface area contributed by atoms with E-state index in [1.54, 1.807) is 10.9 Å². The number of fused-ring (bicyclic) bond motifs is 1. The van der Waals surface area contributed by atoms with Crippen LogP contribution in [0.4, 0.5) is 0 Å². The maximum atomic E-state index is 12.2. The zero-order valence-electron chi connectivity index (χ0n) is 16.9. The highest BCUT2D eigenvalue weighted by Gasteiger charge is 2.26. The molecule has 1 saturated carbocycles. The van der Waals surface area contributed by atoms with Crippen LogP contribution in [-0.4, -0.2) is 56.6 Å². The minimum Gasteiger partial charge on any atom is -0.455 e. The van der Waals surface area contributed by atoms with Crippen molar-refractivity contribution >= 4 is 11.6 Å². The van der Waals surface area contributed by atoms with Crippen molar-refractivity contribution in [1.82, 2.24) is 45.0 Å². The molecule has 1 N–H and O–H groups in total. The van der Waals surface area contributed by atoms with E-state index in [4.69, 9.17) is 9.72 Å². The van der Waals surface area contributed by atoms with E-state index in [1.165, 1.54) is 18.4 Å². The summed E-state index contributed by atoms with van der Waals surface area (Å²) in [4.78, 5) is 16.9. The molecular weight excluding hydrogens is 386 g/mol. The van der Waals surface area contributed by atoms with E-state index >= 15 is 0 Å². The van der Waals surface area contributed by atoms with Gasteiger partial charge < -0.3 is 9.14 Å². The molecule has 11 nitrogen and oxygen atoms in total. The number of nitrogens with one attached hydrogen (secondary N) is 1. The van der Waals surface area contributed by atoms with Crippen LogP contribution < -0.4 is 0 Å². The normalized spacial score (nSPS) is 14.4. The SMILES string of the molecule is CC(C)(C)OC(=O)c1cn(Cc2cn3cc(C4CC4)cc(-c4nn[nH]n4)c3n2)nn1. The van der Waals surface area contributed by atoms with Gasteiger partial charge in [0.1, 0.15) is 11.2 Å². The Morgan fingerprint density at radius 2 is 2.07 bits per heavy atom. The fourth-order valence-corrected chi connectivity index (χ4v) is 3.29. The van der Waals surface area contributed by atoms with Crippen molar-refractivity contribution in [3.63, 3.8) is 0 Å². The van der Waals surface area contributed by atoms with Crippen molar-refractivity contribution in [1.29, 1.82) is 0 Å². The molecule has 4 aromatic rings. The zero-order valence-corrected chi connectivity index (χ0v) is 16.9. The molecule has 0 saturated heterocycles. The summed E-state index contributed by atoms with van der Waals surface area (Å²) in [6, 6.07) is 2.09. The predicted octanol–water partition coefficient (Wildman–Crippen LogP) is 1.99. The summed E-state index contributed by atoms with van der Waals surface area (Å²) in [7, 11) is 0. The fraction of sp³-hybridized carbons (Fsp3) is 0.421. The number of carbonyl (C=O) groups excluding carboxylic acids is 1. The van der Waals surface area contributed by atoms with Gasteiger partial charge in [-0.3, -0.25) is 0 Å². The number of aromatic amines is 1. The second kappa shape index (κ2) is 6.71. The van der Waals surface area contributed by atoms with Gasteiger partial charge in [-0.15, -0.1) is 15.3 Å². The number of ether oxygens (including phenoxy) is 1. The van der Waals surface area contributed by atoms with E-state index in [9.17, 15) is 4.79 Å². The average Bonchev–Trinajstić information content (AvgIpc) is 3.08. The van der Waals surface area contributed by atoms with Gasteiger partial charge in [0.15, 0.2) is 5.69 Å². The average molecular weight is 407 g/mol. The molecule has 30 heavy (non-hydrogen) atoms. The largest absolute Gasteiger partial charge is 0.455 e. The predicted molar refractivity (Wildman–Crippen MR) is 105 cm³/mol. The van der Waals surface area contributed by atoms with Crippen molar-refractivity contribution in [2.75, 3.05) is 0 Å². The molecule has 0 amide bonds. The first-order valence-electron chi connectivity index (χ1n) is 9.74. The van der Waals surface area contributed by atoms with Crippen LogP contribution in [0.15, 0.2) is 24.7 Å². The van der Waals surface area contributed by atoms with Gasteiger partial charge in [0.2, 0.25) is 5.82 Å². The van der Waals surface area contributed by atoms with Gasteiger partial charge in [-0.05, 0) is 56.4 Å². The highest BCUT2D eigenvalue weighted by molar-refractivity contribution is 5.87. The van der Waals surface area contributed by atoms with Crippen LogP contribution in [0.5, 0.6) is 0 Å².